The number of carboxylic acids is 1. The molecule has 1 saturated carbocycles. The number of hydrogen-bond donors (Lipinski definition) is 2. The van der Waals surface area contributed by atoms with Crippen LogP contribution in [0.1, 0.15) is 30.9 Å². The second-order valence-corrected chi connectivity index (χ2v) is 5.76. The van der Waals surface area contributed by atoms with E-state index in [1.165, 1.54) is 18.4 Å². The van der Waals surface area contributed by atoms with E-state index < -0.39 is 5.97 Å². The van der Waals surface area contributed by atoms with Crippen molar-refractivity contribution in [2.45, 2.75) is 44.8 Å². The Kier molecular flexibility index (Phi) is 5.15. The number of carboxylic acid groups (broad SMARTS) is 1. The molecule has 2 rings (SSSR count). The van der Waals surface area contributed by atoms with Gasteiger partial charge in [0.2, 0.25) is 0 Å². The van der Waals surface area contributed by atoms with Crippen molar-refractivity contribution in [3.63, 3.8) is 0 Å². The lowest BCUT2D eigenvalue weighted by Crippen LogP contribution is -2.38. The molecule has 20 heavy (non-hydrogen) atoms. The summed E-state index contributed by atoms with van der Waals surface area (Å²) < 4.78 is 0. The Morgan fingerprint density at radius 1 is 1.35 bits per heavy atom. The number of nitrogens with zero attached hydrogens (tertiary/aromatic N) is 1. The predicted molar refractivity (Wildman–Crippen MR) is 79.7 cm³/mol. The lowest BCUT2D eigenvalue weighted by atomic mass is 10.1. The van der Waals surface area contributed by atoms with E-state index >= 15 is 0 Å². The molecule has 1 atom stereocenters. The summed E-state index contributed by atoms with van der Waals surface area (Å²) in [4.78, 5) is 13.1. The zero-order valence-corrected chi connectivity index (χ0v) is 12.3. The zero-order chi connectivity index (χ0) is 14.5. The van der Waals surface area contributed by atoms with Gasteiger partial charge in [0, 0.05) is 25.2 Å². The molecule has 1 fully saturated rings. The standard InChI is InChI=1S/C16H24N2O2/c1-12(18(2)15-7-8-15)10-17-11-14-5-3-13(4-6-14)9-16(19)20/h3-6,12,15,17H,7-11H2,1-2H3,(H,19,20). The lowest BCUT2D eigenvalue weighted by Gasteiger charge is -2.24. The first kappa shape index (κ1) is 15.0. The molecule has 0 amide bonds. The van der Waals surface area contributed by atoms with Crippen molar-refractivity contribution < 1.29 is 9.90 Å². The second-order valence-electron chi connectivity index (χ2n) is 5.76. The first-order valence-corrected chi connectivity index (χ1v) is 7.28. The van der Waals surface area contributed by atoms with Crippen LogP contribution in [0, 0.1) is 0 Å². The lowest BCUT2D eigenvalue weighted by molar-refractivity contribution is -0.136. The minimum atomic E-state index is -0.784. The van der Waals surface area contributed by atoms with Crippen molar-refractivity contribution in [1.29, 1.82) is 0 Å². The van der Waals surface area contributed by atoms with Gasteiger partial charge in [-0.1, -0.05) is 24.3 Å². The van der Waals surface area contributed by atoms with Gasteiger partial charge in [0.15, 0.2) is 0 Å². The van der Waals surface area contributed by atoms with Gasteiger partial charge in [-0.05, 0) is 37.9 Å². The molecule has 0 radical (unpaired) electrons. The Balaban J connectivity index is 1.72. The summed E-state index contributed by atoms with van der Waals surface area (Å²) in [6.45, 7) is 4.06. The van der Waals surface area contributed by atoms with E-state index in [2.05, 4.69) is 24.2 Å². The van der Waals surface area contributed by atoms with E-state index in [0.717, 1.165) is 24.7 Å². The minimum absolute atomic E-state index is 0.0942. The molecule has 4 heteroatoms. The van der Waals surface area contributed by atoms with E-state index in [-0.39, 0.29) is 6.42 Å². The SMILES string of the molecule is CC(CNCc1ccc(CC(=O)O)cc1)N(C)C1CC1. The third kappa shape index (κ3) is 4.62. The first-order valence-electron chi connectivity index (χ1n) is 7.28. The zero-order valence-electron chi connectivity index (χ0n) is 12.3. The average Bonchev–Trinajstić information content (AvgIpc) is 3.23. The maximum absolute atomic E-state index is 10.6. The molecule has 1 unspecified atom stereocenters. The molecule has 2 N–H and O–H groups in total. The number of nitrogens with one attached hydrogen (secondary N) is 1. The van der Waals surface area contributed by atoms with E-state index in [0.29, 0.717) is 6.04 Å². The fourth-order valence-electron chi connectivity index (χ4n) is 2.36. The Hall–Kier alpha value is -1.39. The maximum Gasteiger partial charge on any atom is 0.307 e. The number of hydrogen-bond acceptors (Lipinski definition) is 3. The van der Waals surface area contributed by atoms with E-state index in [4.69, 9.17) is 5.11 Å². The van der Waals surface area contributed by atoms with Crippen LogP contribution < -0.4 is 5.32 Å². The highest BCUT2D eigenvalue weighted by atomic mass is 16.4. The van der Waals surface area contributed by atoms with Crippen LogP contribution in [0.5, 0.6) is 0 Å². The van der Waals surface area contributed by atoms with Gasteiger partial charge < -0.3 is 10.4 Å². The first-order chi connectivity index (χ1) is 9.56. The van der Waals surface area contributed by atoms with Crippen LogP contribution in [0.25, 0.3) is 0 Å². The number of benzene rings is 1. The number of carbonyl (C=O) groups is 1. The molecule has 1 aromatic carbocycles. The Morgan fingerprint density at radius 2 is 1.95 bits per heavy atom. The summed E-state index contributed by atoms with van der Waals surface area (Å²) in [5, 5.41) is 12.2. The van der Waals surface area contributed by atoms with Crippen molar-refractivity contribution in [2.24, 2.45) is 0 Å². The Labute approximate surface area is 120 Å². The molecular weight excluding hydrogens is 252 g/mol. The van der Waals surface area contributed by atoms with Gasteiger partial charge >= 0.3 is 5.97 Å². The molecule has 110 valence electrons. The van der Waals surface area contributed by atoms with E-state index in [1.807, 2.05) is 24.3 Å². The summed E-state index contributed by atoms with van der Waals surface area (Å²) in [7, 11) is 2.20. The highest BCUT2D eigenvalue weighted by Crippen LogP contribution is 2.26. The highest BCUT2D eigenvalue weighted by Gasteiger charge is 2.28. The number of likely N-dealkylation sites (N-methyl/N-ethyl adjacent to an activating group) is 1. The normalized spacial score (nSPS) is 16.4. The van der Waals surface area contributed by atoms with Gasteiger partial charge in [-0.15, -0.1) is 0 Å². The molecule has 1 aliphatic carbocycles. The Morgan fingerprint density at radius 3 is 2.50 bits per heavy atom. The van der Waals surface area contributed by atoms with Crippen LogP contribution in [-0.4, -0.2) is 41.7 Å². The summed E-state index contributed by atoms with van der Waals surface area (Å²) in [6.07, 6.45) is 2.77. The monoisotopic (exact) mass is 276 g/mol. The van der Waals surface area contributed by atoms with Crippen LogP contribution >= 0.6 is 0 Å². The van der Waals surface area contributed by atoms with Gasteiger partial charge in [0.1, 0.15) is 0 Å². The molecule has 1 aliphatic rings. The van der Waals surface area contributed by atoms with Gasteiger partial charge in [0.05, 0.1) is 6.42 Å². The van der Waals surface area contributed by atoms with Crippen LogP contribution in [0.4, 0.5) is 0 Å². The van der Waals surface area contributed by atoms with Crippen molar-refractivity contribution in [3.8, 4) is 0 Å². The molecule has 0 bridgehead atoms. The molecule has 0 saturated heterocycles. The molecular formula is C16H24N2O2. The average molecular weight is 276 g/mol. The van der Waals surface area contributed by atoms with Crippen LogP contribution in [0.15, 0.2) is 24.3 Å². The van der Waals surface area contributed by atoms with E-state index in [9.17, 15) is 4.79 Å². The summed E-state index contributed by atoms with van der Waals surface area (Å²) in [5.41, 5.74) is 2.04. The highest BCUT2D eigenvalue weighted by molar-refractivity contribution is 5.70. The third-order valence-electron chi connectivity index (χ3n) is 3.97. The van der Waals surface area contributed by atoms with Crippen LogP contribution in [0.2, 0.25) is 0 Å². The summed E-state index contributed by atoms with van der Waals surface area (Å²) in [5.74, 6) is -0.784. The van der Waals surface area contributed by atoms with Gasteiger partial charge in [0.25, 0.3) is 0 Å². The van der Waals surface area contributed by atoms with Crippen molar-refractivity contribution in [1.82, 2.24) is 10.2 Å². The van der Waals surface area contributed by atoms with E-state index in [1.54, 1.807) is 0 Å². The van der Waals surface area contributed by atoms with Gasteiger partial charge in [-0.2, -0.15) is 0 Å². The van der Waals surface area contributed by atoms with Crippen LogP contribution in [0.3, 0.4) is 0 Å². The summed E-state index contributed by atoms with van der Waals surface area (Å²) in [6, 6.07) is 9.13. The fourth-order valence-corrected chi connectivity index (χ4v) is 2.36. The molecule has 0 aromatic heterocycles. The molecule has 4 nitrogen and oxygen atoms in total. The second kappa shape index (κ2) is 6.86. The van der Waals surface area contributed by atoms with Crippen molar-refractivity contribution in [3.05, 3.63) is 35.4 Å². The third-order valence-corrected chi connectivity index (χ3v) is 3.97. The largest absolute Gasteiger partial charge is 0.481 e. The Bertz CT molecular complexity index is 440. The van der Waals surface area contributed by atoms with Gasteiger partial charge in [-0.3, -0.25) is 9.69 Å². The topological polar surface area (TPSA) is 52.6 Å². The number of rotatable bonds is 8. The molecule has 1 aromatic rings. The molecule has 0 aliphatic heterocycles. The molecule has 0 spiro atoms. The minimum Gasteiger partial charge on any atom is -0.481 e. The van der Waals surface area contributed by atoms with Crippen LogP contribution in [-0.2, 0) is 17.8 Å². The van der Waals surface area contributed by atoms with Gasteiger partial charge in [-0.25, -0.2) is 0 Å². The fraction of sp³-hybridized carbons (Fsp3) is 0.562. The quantitative estimate of drug-likeness (QED) is 0.761. The number of aliphatic carboxylic acids is 1. The van der Waals surface area contributed by atoms with Crippen molar-refractivity contribution in [2.75, 3.05) is 13.6 Å². The van der Waals surface area contributed by atoms with Crippen molar-refractivity contribution >= 4 is 5.97 Å². The predicted octanol–water partition coefficient (Wildman–Crippen LogP) is 1.89. The molecule has 0 heterocycles. The smallest absolute Gasteiger partial charge is 0.307 e. The summed E-state index contributed by atoms with van der Waals surface area (Å²) >= 11 is 0. The maximum atomic E-state index is 10.6.